The summed E-state index contributed by atoms with van der Waals surface area (Å²) in [5, 5.41) is 3.05. The van der Waals surface area contributed by atoms with Gasteiger partial charge in [-0.2, -0.15) is 0 Å². The van der Waals surface area contributed by atoms with Gasteiger partial charge < -0.3 is 15.8 Å². The fourth-order valence-corrected chi connectivity index (χ4v) is 2.75. The second-order valence-corrected chi connectivity index (χ2v) is 5.87. The maximum atomic E-state index is 12.5. The van der Waals surface area contributed by atoms with Crippen LogP contribution in [0.2, 0.25) is 0 Å². The minimum Gasteiger partial charge on any atom is -0.392 e. The molecule has 104 valence electrons. The molecule has 0 aliphatic heterocycles. The topological polar surface area (TPSA) is 64.3 Å². The Balaban J connectivity index is 2.75. The molecular formula is C13H24N2O2S. The molecule has 1 fully saturated rings. The fraction of sp³-hybridized carbons (Fsp3) is 0.846. The van der Waals surface area contributed by atoms with Gasteiger partial charge in [-0.05, 0) is 18.8 Å². The van der Waals surface area contributed by atoms with E-state index < -0.39 is 5.41 Å². The summed E-state index contributed by atoms with van der Waals surface area (Å²) in [5.74, 6) is 0.293. The summed E-state index contributed by atoms with van der Waals surface area (Å²) in [6.07, 6.45) is 3.57. The highest BCUT2D eigenvalue weighted by molar-refractivity contribution is 7.80. The zero-order chi connectivity index (χ0) is 13.8. The first-order valence-electron chi connectivity index (χ1n) is 6.54. The highest BCUT2D eigenvalue weighted by atomic mass is 32.1. The van der Waals surface area contributed by atoms with Crippen LogP contribution in [-0.4, -0.2) is 30.7 Å². The van der Waals surface area contributed by atoms with Crippen molar-refractivity contribution in [1.82, 2.24) is 5.32 Å². The number of nitrogens with two attached hydrogens (primary N) is 1. The van der Waals surface area contributed by atoms with Gasteiger partial charge in [0.25, 0.3) is 0 Å². The van der Waals surface area contributed by atoms with Crippen molar-refractivity contribution in [1.29, 1.82) is 0 Å². The average Bonchev–Trinajstić information content (AvgIpc) is 2.78. The fourth-order valence-electron chi connectivity index (χ4n) is 2.45. The van der Waals surface area contributed by atoms with Gasteiger partial charge in [0.1, 0.15) is 0 Å². The molecule has 0 radical (unpaired) electrons. The molecule has 1 atom stereocenters. The summed E-state index contributed by atoms with van der Waals surface area (Å²) in [6, 6.07) is 0.00863. The molecule has 0 bridgehead atoms. The molecular weight excluding hydrogens is 248 g/mol. The number of hydrogen-bond donors (Lipinski definition) is 2. The number of amides is 1. The molecule has 4 nitrogen and oxygen atoms in total. The lowest BCUT2D eigenvalue weighted by atomic mass is 9.84. The van der Waals surface area contributed by atoms with Crippen LogP contribution in [0.3, 0.4) is 0 Å². The molecule has 1 rings (SSSR count). The summed E-state index contributed by atoms with van der Waals surface area (Å²) in [4.78, 5) is 12.8. The van der Waals surface area contributed by atoms with E-state index >= 15 is 0 Å². The van der Waals surface area contributed by atoms with E-state index in [-0.39, 0.29) is 11.9 Å². The molecule has 1 aliphatic rings. The SMILES string of the molecule is COCC(NC(=O)C1(C(N)=S)CCCC1)C(C)C. The first-order chi connectivity index (χ1) is 8.44. The van der Waals surface area contributed by atoms with Gasteiger partial charge in [0.2, 0.25) is 5.91 Å². The van der Waals surface area contributed by atoms with Crippen LogP contribution < -0.4 is 11.1 Å². The highest BCUT2D eigenvalue weighted by Crippen LogP contribution is 2.38. The minimum atomic E-state index is -0.629. The summed E-state index contributed by atoms with van der Waals surface area (Å²) in [7, 11) is 1.64. The number of methoxy groups -OCH3 is 1. The second kappa shape index (κ2) is 6.48. The van der Waals surface area contributed by atoms with Crippen LogP contribution in [0.15, 0.2) is 0 Å². The maximum Gasteiger partial charge on any atom is 0.233 e. The number of nitrogens with one attached hydrogen (secondary N) is 1. The lowest BCUT2D eigenvalue weighted by Crippen LogP contribution is -2.52. The predicted octanol–water partition coefficient (Wildman–Crippen LogP) is 1.62. The van der Waals surface area contributed by atoms with Crippen LogP contribution in [0, 0.1) is 11.3 Å². The van der Waals surface area contributed by atoms with E-state index in [1.807, 2.05) is 0 Å². The van der Waals surface area contributed by atoms with Crippen molar-refractivity contribution in [3.05, 3.63) is 0 Å². The van der Waals surface area contributed by atoms with Gasteiger partial charge in [-0.15, -0.1) is 0 Å². The van der Waals surface area contributed by atoms with Crippen LogP contribution in [0.4, 0.5) is 0 Å². The summed E-state index contributed by atoms with van der Waals surface area (Å²) in [5.41, 5.74) is 5.17. The van der Waals surface area contributed by atoms with Gasteiger partial charge in [0, 0.05) is 7.11 Å². The average molecular weight is 272 g/mol. The van der Waals surface area contributed by atoms with Crippen LogP contribution in [0.5, 0.6) is 0 Å². The molecule has 0 aromatic carbocycles. The zero-order valence-electron chi connectivity index (χ0n) is 11.5. The van der Waals surface area contributed by atoms with E-state index in [2.05, 4.69) is 19.2 Å². The molecule has 0 aromatic heterocycles. The second-order valence-electron chi connectivity index (χ2n) is 5.43. The highest BCUT2D eigenvalue weighted by Gasteiger charge is 2.44. The zero-order valence-corrected chi connectivity index (χ0v) is 12.3. The third kappa shape index (κ3) is 3.20. The molecule has 1 unspecified atom stereocenters. The Morgan fingerprint density at radius 2 is 2.00 bits per heavy atom. The van der Waals surface area contributed by atoms with Gasteiger partial charge in [0.15, 0.2) is 0 Å². The Morgan fingerprint density at radius 3 is 2.39 bits per heavy atom. The number of ether oxygens (including phenoxy) is 1. The number of thiocarbonyl (C=S) groups is 1. The van der Waals surface area contributed by atoms with Crippen molar-refractivity contribution in [3.8, 4) is 0 Å². The van der Waals surface area contributed by atoms with E-state index in [0.29, 0.717) is 17.5 Å². The van der Waals surface area contributed by atoms with E-state index in [9.17, 15) is 4.79 Å². The third-order valence-corrected chi connectivity index (χ3v) is 4.22. The summed E-state index contributed by atoms with van der Waals surface area (Å²) in [6.45, 7) is 4.63. The molecule has 1 amide bonds. The Kier molecular flexibility index (Phi) is 5.53. The van der Waals surface area contributed by atoms with E-state index in [0.717, 1.165) is 25.7 Å². The molecule has 1 aliphatic carbocycles. The molecule has 0 heterocycles. The van der Waals surface area contributed by atoms with E-state index in [1.165, 1.54) is 0 Å². The minimum absolute atomic E-state index is 0.00863. The number of carbonyl (C=O) groups excluding carboxylic acids is 1. The monoisotopic (exact) mass is 272 g/mol. The Bertz CT molecular complexity index is 312. The van der Waals surface area contributed by atoms with Crippen LogP contribution in [0.1, 0.15) is 39.5 Å². The summed E-state index contributed by atoms with van der Waals surface area (Å²) >= 11 is 5.11. The van der Waals surface area contributed by atoms with Crippen molar-refractivity contribution in [2.45, 2.75) is 45.6 Å². The quantitative estimate of drug-likeness (QED) is 0.721. The largest absolute Gasteiger partial charge is 0.392 e. The van der Waals surface area contributed by atoms with Crippen molar-refractivity contribution >= 4 is 23.1 Å². The molecule has 0 aromatic rings. The van der Waals surface area contributed by atoms with E-state index in [4.69, 9.17) is 22.7 Å². The van der Waals surface area contributed by atoms with Crippen molar-refractivity contribution in [2.75, 3.05) is 13.7 Å². The number of rotatable bonds is 6. The Labute approximate surface area is 115 Å². The maximum absolute atomic E-state index is 12.5. The summed E-state index contributed by atoms with van der Waals surface area (Å²) < 4.78 is 5.14. The molecule has 18 heavy (non-hydrogen) atoms. The lowest BCUT2D eigenvalue weighted by molar-refractivity contribution is -0.128. The third-order valence-electron chi connectivity index (χ3n) is 3.83. The lowest BCUT2D eigenvalue weighted by Gasteiger charge is -2.30. The first kappa shape index (κ1) is 15.4. The van der Waals surface area contributed by atoms with Crippen LogP contribution in [-0.2, 0) is 9.53 Å². The van der Waals surface area contributed by atoms with Gasteiger partial charge in [-0.25, -0.2) is 0 Å². The van der Waals surface area contributed by atoms with Crippen molar-refractivity contribution < 1.29 is 9.53 Å². The van der Waals surface area contributed by atoms with Gasteiger partial charge in [-0.1, -0.05) is 38.9 Å². The van der Waals surface area contributed by atoms with Gasteiger partial charge >= 0.3 is 0 Å². The smallest absolute Gasteiger partial charge is 0.233 e. The van der Waals surface area contributed by atoms with Crippen molar-refractivity contribution in [3.63, 3.8) is 0 Å². The van der Waals surface area contributed by atoms with Crippen molar-refractivity contribution in [2.24, 2.45) is 17.1 Å². The Morgan fingerprint density at radius 1 is 1.44 bits per heavy atom. The van der Waals surface area contributed by atoms with Crippen LogP contribution >= 0.6 is 12.2 Å². The van der Waals surface area contributed by atoms with Gasteiger partial charge in [0.05, 0.1) is 23.1 Å². The molecule has 1 saturated carbocycles. The first-order valence-corrected chi connectivity index (χ1v) is 6.94. The molecule has 0 saturated heterocycles. The normalized spacial score (nSPS) is 19.8. The molecule has 0 spiro atoms. The number of hydrogen-bond acceptors (Lipinski definition) is 3. The molecule has 5 heteroatoms. The van der Waals surface area contributed by atoms with Crippen LogP contribution in [0.25, 0.3) is 0 Å². The predicted molar refractivity (Wildman–Crippen MR) is 76.3 cm³/mol. The Hall–Kier alpha value is -0.680. The number of carbonyl (C=O) groups is 1. The van der Waals surface area contributed by atoms with E-state index in [1.54, 1.807) is 7.11 Å². The van der Waals surface area contributed by atoms with Gasteiger partial charge in [-0.3, -0.25) is 4.79 Å². The standard InChI is InChI=1S/C13H24N2O2S/c1-9(2)10(8-17-3)15-12(16)13(11(14)18)6-4-5-7-13/h9-10H,4-8H2,1-3H3,(H2,14,18)(H,15,16). The molecule has 3 N–H and O–H groups in total.